The van der Waals surface area contributed by atoms with E-state index in [4.69, 9.17) is 21.3 Å². The molecular formula is C41H45N8O8PS. The first-order valence-electron chi connectivity index (χ1n) is 18.2. The van der Waals surface area contributed by atoms with Crippen LogP contribution in [-0.4, -0.2) is 69.4 Å². The van der Waals surface area contributed by atoms with Gasteiger partial charge < -0.3 is 42.5 Å². The molecule has 18 heteroatoms. The van der Waals surface area contributed by atoms with E-state index < -0.39 is 61.2 Å². The number of nitro benzene ring substituents is 1. The lowest BCUT2D eigenvalue weighted by atomic mass is 9.98. The molecule has 0 radical (unpaired) electrons. The highest BCUT2D eigenvalue weighted by atomic mass is 32.1. The molecule has 5 rings (SSSR count). The van der Waals surface area contributed by atoms with Gasteiger partial charge in [-0.2, -0.15) is 12.6 Å². The van der Waals surface area contributed by atoms with Crippen LogP contribution < -0.4 is 32.7 Å². The second-order valence-electron chi connectivity index (χ2n) is 13.0. The third-order valence-corrected chi connectivity index (χ3v) is 9.42. The molecule has 0 fully saturated rings. The molecule has 0 aliphatic rings. The van der Waals surface area contributed by atoms with E-state index in [-0.39, 0.29) is 43.1 Å². The van der Waals surface area contributed by atoms with Crippen molar-refractivity contribution in [2.24, 2.45) is 10.9 Å². The standard InChI is InChI=1S/C41H42N8O6S.H3O2P/c42-32(25-56)39(50)46-35(24-27-13-17-31(18-14-27)29-9-5-2-6-10-29)41(52)47-34(23-26-11-15-30(16-12-26)28-7-3-1-4-8-28)40(51)45-22-21-44-33-19-20-36(49(54)55)38(48-53)37(33)43;1-3-2/h1-20,32,34-35,44,56H,21-25,42-43H2,(H,45,51)(H,46,50)(H,47,52);1-3H. The maximum Gasteiger partial charge on any atom is 0.300 e. The van der Waals surface area contributed by atoms with E-state index in [1.165, 1.54) is 6.07 Å². The van der Waals surface area contributed by atoms with E-state index in [2.05, 4.69) is 39.1 Å². The van der Waals surface area contributed by atoms with Gasteiger partial charge in [-0.1, -0.05) is 109 Å². The van der Waals surface area contributed by atoms with Gasteiger partial charge in [0.05, 0.1) is 22.3 Å². The molecule has 0 saturated heterocycles. The number of nitrogens with one attached hydrogen (secondary N) is 4. The lowest BCUT2D eigenvalue weighted by molar-refractivity contribution is -0.384. The average molecular weight is 841 g/mol. The Morgan fingerprint density at radius 1 is 0.712 bits per heavy atom. The summed E-state index contributed by atoms with van der Waals surface area (Å²) in [5.74, 6) is -1.61. The van der Waals surface area contributed by atoms with Crippen molar-refractivity contribution >= 4 is 62.1 Å². The summed E-state index contributed by atoms with van der Waals surface area (Å²) in [7, 11) is -0.917. The van der Waals surface area contributed by atoms with E-state index in [1.807, 2.05) is 109 Å². The molecule has 10 N–H and O–H groups in total. The van der Waals surface area contributed by atoms with Crippen molar-refractivity contribution in [1.82, 2.24) is 16.0 Å². The normalized spacial score (nSPS) is 12.1. The summed E-state index contributed by atoms with van der Waals surface area (Å²) >= 11 is 4.14. The Labute approximate surface area is 347 Å². The quantitative estimate of drug-likeness (QED) is 0.0112. The van der Waals surface area contributed by atoms with Crippen molar-refractivity contribution in [3.63, 3.8) is 0 Å². The zero-order valence-corrected chi connectivity index (χ0v) is 33.5. The number of nitrogens with zero attached hydrogens (tertiary/aromatic N) is 2. The molecule has 5 aromatic carbocycles. The molecule has 3 atom stereocenters. The molecule has 3 amide bonds. The molecule has 0 aliphatic carbocycles. The van der Waals surface area contributed by atoms with Crippen molar-refractivity contribution in [3.05, 3.63) is 147 Å². The number of nitrogen functional groups attached to an aromatic ring is 1. The number of rotatable bonds is 18. The molecule has 16 nitrogen and oxygen atoms in total. The van der Waals surface area contributed by atoms with Crippen molar-refractivity contribution in [2.45, 2.75) is 31.0 Å². The highest BCUT2D eigenvalue weighted by molar-refractivity contribution is 7.80. The molecule has 0 heterocycles. The van der Waals surface area contributed by atoms with Crippen LogP contribution in [0.3, 0.4) is 0 Å². The highest BCUT2D eigenvalue weighted by Gasteiger charge is 2.29. The summed E-state index contributed by atoms with van der Waals surface area (Å²) in [5, 5.41) is 25.3. The lowest BCUT2D eigenvalue weighted by Gasteiger charge is -2.24. The van der Waals surface area contributed by atoms with Crippen molar-refractivity contribution in [2.75, 3.05) is 29.9 Å². The summed E-state index contributed by atoms with van der Waals surface area (Å²) in [6.45, 7) is 0.154. The zero-order chi connectivity index (χ0) is 42.7. The van der Waals surface area contributed by atoms with Crippen LogP contribution in [0.5, 0.6) is 0 Å². The fraction of sp³-hybridized carbons (Fsp3) is 0.195. The smallest absolute Gasteiger partial charge is 0.300 e. The molecule has 0 aliphatic heterocycles. The van der Waals surface area contributed by atoms with Gasteiger partial charge in [0, 0.05) is 37.8 Å². The minimum Gasteiger partial charge on any atom is -0.395 e. The first kappa shape index (κ1) is 45.5. The van der Waals surface area contributed by atoms with Gasteiger partial charge >= 0.3 is 5.69 Å². The number of hydrogen-bond donors (Lipinski definition) is 9. The van der Waals surface area contributed by atoms with Crippen LogP contribution in [-0.2, 0) is 27.2 Å². The number of thiol groups is 1. The van der Waals surface area contributed by atoms with Gasteiger partial charge in [0.25, 0.3) is 0 Å². The number of benzene rings is 5. The molecule has 0 bridgehead atoms. The minimum atomic E-state index is -1.08. The lowest BCUT2D eigenvalue weighted by Crippen LogP contribution is -2.57. The molecule has 5 aromatic rings. The summed E-state index contributed by atoms with van der Waals surface area (Å²) in [6, 6.07) is 34.2. The monoisotopic (exact) mass is 840 g/mol. The van der Waals surface area contributed by atoms with Gasteiger partial charge in [0.2, 0.25) is 23.4 Å². The number of hydrogen-bond acceptors (Lipinski definition) is 13. The van der Waals surface area contributed by atoms with Gasteiger partial charge in [0.15, 0.2) is 0 Å². The maximum atomic E-state index is 14.0. The topological polar surface area (TPSA) is 264 Å². The highest BCUT2D eigenvalue weighted by Crippen LogP contribution is 2.38. The largest absolute Gasteiger partial charge is 0.395 e. The SMILES string of the molecule is Nc1c(NCCNC(=O)C(Cc2ccc(-c3ccccc3)cc2)NC(=O)C(Cc2ccc(-c3ccccc3)cc2)NC(=O)C(N)CS)ccc([N+](=O)[O-])c1N=O.OPO. The minimum absolute atomic E-state index is 0.0448. The zero-order valence-electron chi connectivity index (χ0n) is 31.7. The van der Waals surface area contributed by atoms with E-state index in [1.54, 1.807) is 0 Å². The van der Waals surface area contributed by atoms with Gasteiger partial charge in [-0.3, -0.25) is 24.5 Å². The summed E-state index contributed by atoms with van der Waals surface area (Å²) in [5.41, 5.74) is 16.4. The molecule has 0 spiro atoms. The van der Waals surface area contributed by atoms with Crippen molar-refractivity contribution in [1.29, 1.82) is 0 Å². The summed E-state index contributed by atoms with van der Waals surface area (Å²) < 4.78 is 0. The van der Waals surface area contributed by atoms with E-state index >= 15 is 0 Å². The van der Waals surface area contributed by atoms with Crippen LogP contribution in [0.25, 0.3) is 22.3 Å². The van der Waals surface area contributed by atoms with Crippen LogP contribution in [0.1, 0.15) is 11.1 Å². The predicted octanol–water partition coefficient (Wildman–Crippen LogP) is 4.63. The molecular weight excluding hydrogens is 796 g/mol. The summed E-state index contributed by atoms with van der Waals surface area (Å²) in [6.07, 6.45) is 0.233. The van der Waals surface area contributed by atoms with Crippen LogP contribution in [0.4, 0.5) is 22.7 Å². The summed E-state index contributed by atoms with van der Waals surface area (Å²) in [4.78, 5) is 76.8. The Bertz CT molecular complexity index is 2170. The van der Waals surface area contributed by atoms with Crippen molar-refractivity contribution in [3.8, 4) is 22.3 Å². The van der Waals surface area contributed by atoms with Gasteiger partial charge in [-0.25, -0.2) is 0 Å². The molecule has 3 unspecified atom stereocenters. The fourth-order valence-corrected chi connectivity index (χ4v) is 6.12. The van der Waals surface area contributed by atoms with Gasteiger partial charge in [-0.05, 0) is 44.6 Å². The molecule has 0 saturated carbocycles. The van der Waals surface area contributed by atoms with Crippen LogP contribution in [0.2, 0.25) is 0 Å². The molecule has 59 heavy (non-hydrogen) atoms. The van der Waals surface area contributed by atoms with E-state index in [9.17, 15) is 29.4 Å². The number of anilines is 2. The molecule has 0 aromatic heterocycles. The predicted molar refractivity (Wildman–Crippen MR) is 234 cm³/mol. The fourth-order valence-electron chi connectivity index (χ4n) is 5.95. The maximum absolute atomic E-state index is 14.0. The third-order valence-electron chi connectivity index (χ3n) is 9.02. The number of nitroso groups, excluding NO2 is 1. The van der Waals surface area contributed by atoms with Crippen LogP contribution in [0.15, 0.2) is 127 Å². The van der Waals surface area contributed by atoms with Crippen LogP contribution >= 0.6 is 21.7 Å². The second-order valence-corrected chi connectivity index (χ2v) is 13.6. The Morgan fingerprint density at radius 2 is 1.17 bits per heavy atom. The number of amides is 3. The Hall–Kier alpha value is -6.23. The number of carbonyl (C=O) groups excluding carboxylic acids is 3. The van der Waals surface area contributed by atoms with Crippen LogP contribution in [0, 0.1) is 15.0 Å². The molecule has 308 valence electrons. The first-order valence-corrected chi connectivity index (χ1v) is 19.7. The number of nitro groups is 1. The first-order chi connectivity index (χ1) is 28.5. The van der Waals surface area contributed by atoms with E-state index in [0.717, 1.165) is 39.4 Å². The Balaban J connectivity index is 0.00000248. The van der Waals surface area contributed by atoms with Gasteiger partial charge in [-0.15, -0.1) is 4.91 Å². The van der Waals surface area contributed by atoms with E-state index in [0.29, 0.717) is 0 Å². The Kier molecular flexibility index (Phi) is 17.9. The van der Waals surface area contributed by atoms with Gasteiger partial charge in [0.1, 0.15) is 21.1 Å². The second kappa shape index (κ2) is 23.2. The number of nitrogens with two attached hydrogens (primary N) is 2. The number of carbonyl (C=O) groups is 3. The Morgan fingerprint density at radius 3 is 1.63 bits per heavy atom. The third kappa shape index (κ3) is 13.4. The average Bonchev–Trinajstić information content (AvgIpc) is 3.25. The van der Waals surface area contributed by atoms with Crippen molar-refractivity contribution < 1.29 is 29.1 Å².